The van der Waals surface area contributed by atoms with Crippen LogP contribution in [0.4, 0.5) is 5.69 Å². The molecule has 1 N–H and O–H groups in total. The van der Waals surface area contributed by atoms with Crippen LogP contribution in [0.1, 0.15) is 45.8 Å². The molecule has 170 valence electrons. The van der Waals surface area contributed by atoms with Gasteiger partial charge in [0.2, 0.25) is 5.78 Å². The van der Waals surface area contributed by atoms with E-state index >= 15 is 0 Å². The zero-order valence-corrected chi connectivity index (χ0v) is 19.3. The van der Waals surface area contributed by atoms with Gasteiger partial charge < -0.3 is 14.9 Å². The Morgan fingerprint density at radius 2 is 2.00 bits per heavy atom. The van der Waals surface area contributed by atoms with E-state index in [0.717, 1.165) is 13.1 Å². The number of carbonyl (C=O) groups excluding carboxylic acids is 2. The quantitative estimate of drug-likeness (QED) is 0.347. The SMILES string of the molecule is CCN(CC)CCN1C(=O)C(O)=C(C(=O)c2sc(C)nc2C)[C@H]1c1cccc([N+](=O)[O-])c1. The van der Waals surface area contributed by atoms with E-state index in [2.05, 4.69) is 9.88 Å². The van der Waals surface area contributed by atoms with Crippen molar-refractivity contribution < 1.29 is 19.6 Å². The molecule has 1 aromatic heterocycles. The number of aliphatic hydroxyl groups excluding tert-OH is 1. The number of aliphatic hydroxyl groups is 1. The molecule has 1 amide bonds. The Balaban J connectivity index is 2.09. The number of nitro benzene ring substituents is 1. The van der Waals surface area contributed by atoms with Crippen molar-refractivity contribution in [3.63, 3.8) is 0 Å². The van der Waals surface area contributed by atoms with Crippen molar-refractivity contribution in [3.05, 3.63) is 66.9 Å². The molecule has 1 aliphatic heterocycles. The summed E-state index contributed by atoms with van der Waals surface area (Å²) in [5.74, 6) is -1.76. The number of hydrogen-bond acceptors (Lipinski definition) is 8. The lowest BCUT2D eigenvalue weighted by molar-refractivity contribution is -0.384. The van der Waals surface area contributed by atoms with Gasteiger partial charge in [-0.1, -0.05) is 26.0 Å². The van der Waals surface area contributed by atoms with Gasteiger partial charge in [-0.2, -0.15) is 0 Å². The highest BCUT2D eigenvalue weighted by Crippen LogP contribution is 2.40. The Morgan fingerprint density at radius 3 is 2.56 bits per heavy atom. The summed E-state index contributed by atoms with van der Waals surface area (Å²) in [5.41, 5.74) is 0.700. The molecule has 0 unspecified atom stereocenters. The van der Waals surface area contributed by atoms with Crippen LogP contribution < -0.4 is 0 Å². The summed E-state index contributed by atoms with van der Waals surface area (Å²) in [6.07, 6.45) is 0. The van der Waals surface area contributed by atoms with E-state index in [4.69, 9.17) is 0 Å². The van der Waals surface area contributed by atoms with Crippen LogP contribution in [-0.2, 0) is 4.79 Å². The fourth-order valence-corrected chi connectivity index (χ4v) is 4.80. The number of likely N-dealkylation sites (N-methyl/N-ethyl adjacent to an activating group) is 1. The second-order valence-electron chi connectivity index (χ2n) is 7.52. The van der Waals surface area contributed by atoms with Crippen LogP contribution >= 0.6 is 11.3 Å². The molecule has 0 aliphatic carbocycles. The van der Waals surface area contributed by atoms with Gasteiger partial charge in [-0.25, -0.2) is 4.98 Å². The van der Waals surface area contributed by atoms with E-state index in [0.29, 0.717) is 27.7 Å². The van der Waals surface area contributed by atoms with Gasteiger partial charge in [0.05, 0.1) is 32.1 Å². The van der Waals surface area contributed by atoms with Crippen LogP contribution in [-0.4, -0.2) is 62.7 Å². The number of Topliss-reactive ketones (excluding diaryl/α,β-unsaturated/α-hetero) is 1. The number of thiazole rings is 1. The minimum Gasteiger partial charge on any atom is -0.503 e. The largest absolute Gasteiger partial charge is 0.503 e. The number of non-ortho nitro benzene ring substituents is 1. The molecule has 0 bridgehead atoms. The first-order valence-electron chi connectivity index (χ1n) is 10.4. The number of amides is 1. The van der Waals surface area contributed by atoms with Gasteiger partial charge in [0.15, 0.2) is 5.76 Å². The van der Waals surface area contributed by atoms with Gasteiger partial charge in [-0.05, 0) is 32.5 Å². The number of aryl methyl sites for hydroxylation is 2. The third-order valence-electron chi connectivity index (χ3n) is 5.61. The Bertz CT molecular complexity index is 1090. The monoisotopic (exact) mass is 458 g/mol. The van der Waals surface area contributed by atoms with Crippen LogP contribution in [0.5, 0.6) is 0 Å². The number of hydrogen-bond donors (Lipinski definition) is 1. The van der Waals surface area contributed by atoms with E-state index in [9.17, 15) is 24.8 Å². The van der Waals surface area contributed by atoms with Crippen LogP contribution in [0.3, 0.4) is 0 Å². The predicted molar refractivity (Wildman–Crippen MR) is 121 cm³/mol. The summed E-state index contributed by atoms with van der Waals surface area (Å²) in [4.78, 5) is 45.5. The molecule has 2 heterocycles. The standard InChI is InChI=1S/C22H26N4O5S/c1-5-24(6-2)10-11-25-18(15-8-7-9-16(12-15)26(30)31)17(20(28)22(25)29)19(27)21-13(3)23-14(4)32-21/h7-9,12,18,28H,5-6,10-11H2,1-4H3/t18-/m1/s1. The van der Waals surface area contributed by atoms with Crippen molar-refractivity contribution in [2.75, 3.05) is 26.2 Å². The molecule has 1 aromatic carbocycles. The molecule has 0 saturated heterocycles. The number of rotatable bonds is 9. The third kappa shape index (κ3) is 4.42. The lowest BCUT2D eigenvalue weighted by Gasteiger charge is -2.29. The van der Waals surface area contributed by atoms with Gasteiger partial charge in [0, 0.05) is 25.2 Å². The Hall–Kier alpha value is -3.11. The molecule has 1 aliphatic rings. The molecule has 0 saturated carbocycles. The third-order valence-corrected chi connectivity index (χ3v) is 6.68. The maximum atomic E-state index is 13.5. The average molecular weight is 459 g/mol. The number of ketones is 1. The number of aromatic nitrogens is 1. The van der Waals surface area contributed by atoms with Crippen LogP contribution in [0.2, 0.25) is 0 Å². The maximum absolute atomic E-state index is 13.5. The van der Waals surface area contributed by atoms with E-state index in [1.54, 1.807) is 19.9 Å². The summed E-state index contributed by atoms with van der Waals surface area (Å²) < 4.78 is 0. The lowest BCUT2D eigenvalue weighted by Crippen LogP contribution is -2.38. The van der Waals surface area contributed by atoms with E-state index in [-0.39, 0.29) is 17.8 Å². The Labute approximate surface area is 190 Å². The topological polar surface area (TPSA) is 117 Å². The maximum Gasteiger partial charge on any atom is 0.290 e. The summed E-state index contributed by atoms with van der Waals surface area (Å²) in [5, 5.41) is 22.8. The van der Waals surface area contributed by atoms with E-state index in [1.807, 2.05) is 13.8 Å². The summed E-state index contributed by atoms with van der Waals surface area (Å²) in [7, 11) is 0. The zero-order chi connectivity index (χ0) is 23.6. The molecular formula is C22H26N4O5S. The van der Waals surface area contributed by atoms with Crippen LogP contribution in [0, 0.1) is 24.0 Å². The summed E-state index contributed by atoms with van der Waals surface area (Å²) >= 11 is 1.19. The fraction of sp³-hybridized carbons (Fsp3) is 0.409. The van der Waals surface area contributed by atoms with Crippen molar-refractivity contribution in [1.29, 1.82) is 0 Å². The molecule has 0 spiro atoms. The summed E-state index contributed by atoms with van der Waals surface area (Å²) in [6.45, 7) is 9.85. The minimum atomic E-state index is -0.924. The van der Waals surface area contributed by atoms with Crippen molar-refractivity contribution in [2.45, 2.75) is 33.7 Å². The van der Waals surface area contributed by atoms with Gasteiger partial charge >= 0.3 is 0 Å². The predicted octanol–water partition coefficient (Wildman–Crippen LogP) is 3.59. The Morgan fingerprint density at radius 1 is 1.31 bits per heavy atom. The molecule has 0 fully saturated rings. The second kappa shape index (κ2) is 9.58. The van der Waals surface area contributed by atoms with Crippen molar-refractivity contribution in [2.24, 2.45) is 0 Å². The molecule has 32 heavy (non-hydrogen) atoms. The zero-order valence-electron chi connectivity index (χ0n) is 18.5. The van der Waals surface area contributed by atoms with Crippen LogP contribution in [0.15, 0.2) is 35.6 Å². The van der Waals surface area contributed by atoms with E-state index in [1.165, 1.54) is 34.4 Å². The van der Waals surface area contributed by atoms with Crippen molar-refractivity contribution in [3.8, 4) is 0 Å². The van der Waals surface area contributed by atoms with E-state index < -0.39 is 28.4 Å². The molecule has 3 rings (SSSR count). The molecule has 0 radical (unpaired) electrons. The highest BCUT2D eigenvalue weighted by atomic mass is 32.1. The van der Waals surface area contributed by atoms with Gasteiger partial charge in [-0.3, -0.25) is 19.7 Å². The smallest absolute Gasteiger partial charge is 0.290 e. The highest BCUT2D eigenvalue weighted by Gasteiger charge is 2.44. The first-order valence-corrected chi connectivity index (χ1v) is 11.2. The highest BCUT2D eigenvalue weighted by molar-refractivity contribution is 7.14. The van der Waals surface area contributed by atoms with Crippen molar-refractivity contribution in [1.82, 2.24) is 14.8 Å². The van der Waals surface area contributed by atoms with Gasteiger partial charge in [0.1, 0.15) is 0 Å². The lowest BCUT2D eigenvalue weighted by atomic mass is 9.94. The minimum absolute atomic E-state index is 0.0678. The average Bonchev–Trinajstić information content (AvgIpc) is 3.24. The number of nitro groups is 1. The fourth-order valence-electron chi connectivity index (χ4n) is 3.92. The van der Waals surface area contributed by atoms with Crippen molar-refractivity contribution >= 4 is 28.7 Å². The second-order valence-corrected chi connectivity index (χ2v) is 8.72. The number of nitrogens with zero attached hydrogens (tertiary/aromatic N) is 4. The number of benzene rings is 1. The molecule has 1 atom stereocenters. The first kappa shape index (κ1) is 23.6. The number of carbonyl (C=O) groups is 2. The molecule has 9 nitrogen and oxygen atoms in total. The van der Waals surface area contributed by atoms with Crippen LogP contribution in [0.25, 0.3) is 0 Å². The molecule has 2 aromatic rings. The molecular weight excluding hydrogens is 432 g/mol. The Kier molecular flexibility index (Phi) is 7.05. The first-order chi connectivity index (χ1) is 15.2. The van der Waals surface area contributed by atoms with Gasteiger partial charge in [-0.15, -0.1) is 11.3 Å². The van der Waals surface area contributed by atoms with Gasteiger partial charge in [0.25, 0.3) is 11.6 Å². The normalized spacial score (nSPS) is 16.3. The molecule has 10 heteroatoms. The summed E-state index contributed by atoms with van der Waals surface area (Å²) in [6, 6.07) is 4.92.